The number of carbonyl (C=O) groups is 1. The standard InChI is InChI=1S/C21H20N4O3S2/c1-25-20(21(27)28-24-25)29-10-9-18(26)23-19-16(12-22)15-8-7-14(11-17(15)30-19)13-5-3-2-4-6-13/h2-6,14H,7-11H2,1H3,(H-,23,24,26,27). The highest BCUT2D eigenvalue weighted by Crippen LogP contribution is 2.42. The zero-order chi connectivity index (χ0) is 21.1. The van der Waals surface area contributed by atoms with E-state index in [0.717, 1.165) is 24.8 Å². The van der Waals surface area contributed by atoms with Crippen molar-refractivity contribution in [3.05, 3.63) is 51.9 Å². The molecule has 1 unspecified atom stereocenters. The Bertz CT molecular complexity index is 1080. The molecule has 1 N–H and O–H groups in total. The number of nitrogens with zero attached hydrogens (tertiary/aromatic N) is 3. The van der Waals surface area contributed by atoms with Gasteiger partial charge in [-0.15, -0.1) is 11.3 Å². The van der Waals surface area contributed by atoms with Gasteiger partial charge in [0.05, 0.1) is 10.8 Å². The fourth-order valence-corrected chi connectivity index (χ4v) is 5.84. The van der Waals surface area contributed by atoms with Gasteiger partial charge in [-0.3, -0.25) is 4.79 Å². The Hall–Kier alpha value is -2.83. The molecule has 2 aromatic heterocycles. The van der Waals surface area contributed by atoms with Crippen molar-refractivity contribution in [1.82, 2.24) is 5.27 Å². The van der Waals surface area contributed by atoms with Crippen LogP contribution in [-0.4, -0.2) is 16.9 Å². The maximum Gasteiger partial charge on any atom is 0.290 e. The molecule has 0 saturated carbocycles. The van der Waals surface area contributed by atoms with E-state index in [0.29, 0.717) is 27.3 Å². The molecular weight excluding hydrogens is 420 g/mol. The van der Waals surface area contributed by atoms with Gasteiger partial charge in [0.1, 0.15) is 11.1 Å². The maximum absolute atomic E-state index is 12.4. The molecule has 1 amide bonds. The van der Waals surface area contributed by atoms with E-state index in [4.69, 9.17) is 0 Å². The fourth-order valence-electron chi connectivity index (χ4n) is 3.69. The van der Waals surface area contributed by atoms with Gasteiger partial charge in [0.15, 0.2) is 13.0 Å². The van der Waals surface area contributed by atoms with Gasteiger partial charge in [0.25, 0.3) is 5.03 Å². The Kier molecular flexibility index (Phi) is 6.06. The summed E-state index contributed by atoms with van der Waals surface area (Å²) in [5.74, 6) is 0.172. The van der Waals surface area contributed by atoms with E-state index in [2.05, 4.69) is 45.4 Å². The van der Waals surface area contributed by atoms with E-state index < -0.39 is 5.95 Å². The molecule has 0 aliphatic heterocycles. The first-order chi connectivity index (χ1) is 14.6. The lowest BCUT2D eigenvalue weighted by atomic mass is 9.83. The number of nitrogens with one attached hydrogen (secondary N) is 1. The quantitative estimate of drug-likeness (QED) is 0.467. The van der Waals surface area contributed by atoms with Crippen LogP contribution in [0.25, 0.3) is 0 Å². The number of aromatic nitrogens is 2. The summed E-state index contributed by atoms with van der Waals surface area (Å²) in [6, 6.07) is 12.7. The zero-order valence-electron chi connectivity index (χ0n) is 16.4. The van der Waals surface area contributed by atoms with Crippen molar-refractivity contribution in [2.75, 3.05) is 11.1 Å². The highest BCUT2D eigenvalue weighted by molar-refractivity contribution is 7.99. The molecule has 1 aromatic carbocycles. The predicted octanol–water partition coefficient (Wildman–Crippen LogP) is 2.90. The lowest BCUT2D eigenvalue weighted by Crippen LogP contribution is -2.32. The minimum absolute atomic E-state index is 0.177. The van der Waals surface area contributed by atoms with Crippen LogP contribution in [0, 0.1) is 11.3 Å². The highest BCUT2D eigenvalue weighted by Gasteiger charge is 2.27. The number of carbonyl (C=O) groups excluding carboxylic acids is 1. The van der Waals surface area contributed by atoms with Crippen LogP contribution < -0.4 is 15.1 Å². The molecule has 1 aliphatic rings. The van der Waals surface area contributed by atoms with Crippen molar-refractivity contribution in [3.63, 3.8) is 0 Å². The second-order valence-corrected chi connectivity index (χ2v) is 9.29. The van der Waals surface area contributed by atoms with E-state index in [9.17, 15) is 15.2 Å². The summed E-state index contributed by atoms with van der Waals surface area (Å²) in [5.41, 5.74) is 2.99. The number of aryl methyl sites for hydroxylation is 1. The summed E-state index contributed by atoms with van der Waals surface area (Å²) in [6.07, 6.45) is 2.95. The Labute approximate surface area is 182 Å². The summed E-state index contributed by atoms with van der Waals surface area (Å²) in [4.78, 5) is 13.6. The van der Waals surface area contributed by atoms with Crippen LogP contribution in [0.1, 0.15) is 40.3 Å². The third-order valence-electron chi connectivity index (χ3n) is 5.18. The molecule has 7 nitrogen and oxygen atoms in total. The van der Waals surface area contributed by atoms with Gasteiger partial charge in [0, 0.05) is 17.1 Å². The van der Waals surface area contributed by atoms with Crippen molar-refractivity contribution in [2.24, 2.45) is 7.05 Å². The van der Waals surface area contributed by atoms with Crippen LogP contribution in [0.5, 0.6) is 5.95 Å². The summed E-state index contributed by atoms with van der Waals surface area (Å²) >= 11 is 2.74. The SMILES string of the molecule is C[n+]1noc([O-])c1SCCC(=O)Nc1sc2c(c1C#N)CCC(c1ccccc1)C2. The van der Waals surface area contributed by atoms with Gasteiger partial charge in [0.2, 0.25) is 5.91 Å². The maximum atomic E-state index is 12.4. The monoisotopic (exact) mass is 440 g/mol. The summed E-state index contributed by atoms with van der Waals surface area (Å²) in [7, 11) is 1.62. The Balaban J connectivity index is 1.41. The number of nitriles is 1. The number of anilines is 1. The average Bonchev–Trinajstić information content (AvgIpc) is 3.27. The molecule has 1 atom stereocenters. The summed E-state index contributed by atoms with van der Waals surface area (Å²) in [6.45, 7) is 0. The minimum atomic E-state index is -0.506. The van der Waals surface area contributed by atoms with Gasteiger partial charge in [-0.2, -0.15) is 5.26 Å². The van der Waals surface area contributed by atoms with Gasteiger partial charge in [-0.25, -0.2) is 0 Å². The van der Waals surface area contributed by atoms with E-state index in [1.54, 1.807) is 7.05 Å². The molecule has 2 heterocycles. The predicted molar refractivity (Wildman–Crippen MR) is 111 cm³/mol. The van der Waals surface area contributed by atoms with Gasteiger partial charge < -0.3 is 14.9 Å². The summed E-state index contributed by atoms with van der Waals surface area (Å²) in [5, 5.41) is 28.6. The van der Waals surface area contributed by atoms with Crippen molar-refractivity contribution in [3.8, 4) is 12.0 Å². The number of fused-ring (bicyclic) bond motifs is 1. The van der Waals surface area contributed by atoms with E-state index in [1.165, 1.54) is 38.2 Å². The summed E-state index contributed by atoms with van der Waals surface area (Å²) < 4.78 is 5.92. The van der Waals surface area contributed by atoms with Crippen LogP contribution in [0.15, 0.2) is 39.9 Å². The first-order valence-electron chi connectivity index (χ1n) is 9.62. The van der Waals surface area contributed by atoms with Crippen LogP contribution in [0.2, 0.25) is 0 Å². The lowest BCUT2D eigenvalue weighted by molar-refractivity contribution is -0.772. The largest absolute Gasteiger partial charge is 0.538 e. The topological polar surface area (TPSA) is 106 Å². The first-order valence-corrected chi connectivity index (χ1v) is 11.4. The van der Waals surface area contributed by atoms with Crippen LogP contribution >= 0.6 is 23.1 Å². The third kappa shape index (κ3) is 4.20. The van der Waals surface area contributed by atoms with Crippen molar-refractivity contribution < 1.29 is 19.1 Å². The lowest BCUT2D eigenvalue weighted by Gasteiger charge is -2.22. The number of amides is 1. The normalized spacial score (nSPS) is 15.4. The highest BCUT2D eigenvalue weighted by atomic mass is 32.2. The zero-order valence-corrected chi connectivity index (χ0v) is 18.0. The van der Waals surface area contributed by atoms with E-state index in [1.807, 2.05) is 6.07 Å². The van der Waals surface area contributed by atoms with E-state index >= 15 is 0 Å². The second-order valence-electron chi connectivity index (χ2n) is 7.11. The number of thioether (sulfide) groups is 1. The molecule has 0 saturated heterocycles. The molecule has 0 radical (unpaired) electrons. The second kappa shape index (κ2) is 8.90. The number of hydrogen-bond donors (Lipinski definition) is 1. The number of thiophene rings is 1. The Morgan fingerprint density at radius 3 is 2.97 bits per heavy atom. The molecule has 30 heavy (non-hydrogen) atoms. The molecule has 3 aromatic rings. The van der Waals surface area contributed by atoms with E-state index in [-0.39, 0.29) is 12.3 Å². The third-order valence-corrected chi connectivity index (χ3v) is 7.47. The van der Waals surface area contributed by atoms with Gasteiger partial charge in [-0.05, 0) is 36.3 Å². The molecule has 0 spiro atoms. The minimum Gasteiger partial charge on any atom is -0.538 e. The van der Waals surface area contributed by atoms with Gasteiger partial charge in [-0.1, -0.05) is 46.8 Å². The fraction of sp³-hybridized carbons (Fsp3) is 0.333. The Morgan fingerprint density at radius 1 is 1.47 bits per heavy atom. The smallest absolute Gasteiger partial charge is 0.290 e. The molecule has 1 aliphatic carbocycles. The first kappa shape index (κ1) is 20.4. The Morgan fingerprint density at radius 2 is 2.27 bits per heavy atom. The molecule has 154 valence electrons. The molecule has 0 bridgehead atoms. The average molecular weight is 441 g/mol. The van der Waals surface area contributed by atoms with Gasteiger partial charge >= 0.3 is 0 Å². The van der Waals surface area contributed by atoms with Crippen molar-refractivity contribution >= 4 is 34.0 Å². The van der Waals surface area contributed by atoms with Crippen LogP contribution in [-0.2, 0) is 24.7 Å². The van der Waals surface area contributed by atoms with Crippen LogP contribution in [0.4, 0.5) is 5.00 Å². The molecule has 9 heteroatoms. The van der Waals surface area contributed by atoms with Crippen molar-refractivity contribution in [1.29, 1.82) is 5.26 Å². The number of rotatable bonds is 6. The molecule has 0 fully saturated rings. The molecular formula is C21H20N4O3S2. The number of hydrogen-bond acceptors (Lipinski definition) is 7. The van der Waals surface area contributed by atoms with Crippen LogP contribution in [0.3, 0.4) is 0 Å². The van der Waals surface area contributed by atoms with Crippen molar-refractivity contribution in [2.45, 2.75) is 36.6 Å². The number of benzene rings is 1. The molecule has 4 rings (SSSR count).